The second-order valence-electron chi connectivity index (χ2n) is 5.57. The summed E-state index contributed by atoms with van der Waals surface area (Å²) in [6.45, 7) is 7.83. The molecule has 2 aliphatic rings. The molecule has 3 atom stereocenters. The molecule has 1 N–H and O–H groups in total. The number of hydrogen-bond acceptors (Lipinski definition) is 2. The average Bonchev–Trinajstić information content (AvgIpc) is 2.44. The molecule has 0 bridgehead atoms. The van der Waals surface area contributed by atoms with Gasteiger partial charge >= 0.3 is 0 Å². The fraction of sp³-hybridized carbons (Fsp3) is 0.769. The summed E-state index contributed by atoms with van der Waals surface area (Å²) in [5, 5.41) is 10.6. The maximum atomic E-state index is 12.0. The van der Waals surface area contributed by atoms with E-state index in [9.17, 15) is 9.90 Å². The Bertz CT molecular complexity index is 322. The normalized spacial score (nSPS) is 50.2. The van der Waals surface area contributed by atoms with Crippen LogP contribution in [0, 0.1) is 10.8 Å². The molecular formula is C13H20O2. The number of hydrogen-bond donors (Lipinski definition) is 1. The van der Waals surface area contributed by atoms with Crippen molar-refractivity contribution < 1.29 is 9.90 Å². The predicted molar refractivity (Wildman–Crippen MR) is 59.5 cm³/mol. The third-order valence-electron chi connectivity index (χ3n) is 5.21. The van der Waals surface area contributed by atoms with E-state index >= 15 is 0 Å². The summed E-state index contributed by atoms with van der Waals surface area (Å²) in [7, 11) is 0. The molecule has 2 aliphatic carbocycles. The molecule has 0 amide bonds. The SMILES string of the molecule is C=C[C@@]1(O)CCC[C@@]2(C)C(=O)CC[C@@]12C. The molecule has 2 heteroatoms. The van der Waals surface area contributed by atoms with Crippen LogP contribution in [0.1, 0.15) is 46.0 Å². The van der Waals surface area contributed by atoms with E-state index < -0.39 is 5.60 Å². The highest BCUT2D eigenvalue weighted by Gasteiger charge is 2.64. The van der Waals surface area contributed by atoms with E-state index in [-0.39, 0.29) is 10.8 Å². The van der Waals surface area contributed by atoms with Gasteiger partial charge in [0.05, 0.1) is 5.60 Å². The van der Waals surface area contributed by atoms with Crippen molar-refractivity contribution in [1.82, 2.24) is 0 Å². The molecule has 2 saturated carbocycles. The quantitative estimate of drug-likeness (QED) is 0.672. The molecule has 0 aromatic carbocycles. The highest BCUT2D eigenvalue weighted by molar-refractivity contribution is 5.88. The minimum atomic E-state index is -0.855. The van der Waals surface area contributed by atoms with Crippen LogP contribution in [0.3, 0.4) is 0 Å². The van der Waals surface area contributed by atoms with Crippen LogP contribution in [0.15, 0.2) is 12.7 Å². The van der Waals surface area contributed by atoms with Crippen molar-refractivity contribution in [3.05, 3.63) is 12.7 Å². The monoisotopic (exact) mass is 208 g/mol. The van der Waals surface area contributed by atoms with Gasteiger partial charge in [-0.2, -0.15) is 0 Å². The Labute approximate surface area is 91.4 Å². The van der Waals surface area contributed by atoms with Crippen molar-refractivity contribution >= 4 is 5.78 Å². The van der Waals surface area contributed by atoms with Crippen LogP contribution in [0.4, 0.5) is 0 Å². The Balaban J connectivity index is 2.52. The summed E-state index contributed by atoms with van der Waals surface area (Å²) in [6.07, 6.45) is 5.64. The first-order valence-corrected chi connectivity index (χ1v) is 5.79. The van der Waals surface area contributed by atoms with Gasteiger partial charge in [-0.15, -0.1) is 6.58 Å². The molecule has 84 valence electrons. The van der Waals surface area contributed by atoms with Crippen LogP contribution in [0.25, 0.3) is 0 Å². The molecular weight excluding hydrogens is 188 g/mol. The van der Waals surface area contributed by atoms with Gasteiger partial charge in [0.2, 0.25) is 0 Å². The van der Waals surface area contributed by atoms with E-state index in [0.29, 0.717) is 12.2 Å². The van der Waals surface area contributed by atoms with E-state index in [1.165, 1.54) is 0 Å². The molecule has 0 aliphatic heterocycles. The van der Waals surface area contributed by atoms with E-state index in [4.69, 9.17) is 0 Å². The maximum Gasteiger partial charge on any atom is 0.139 e. The summed E-state index contributed by atoms with van der Waals surface area (Å²) < 4.78 is 0. The van der Waals surface area contributed by atoms with Crippen molar-refractivity contribution in [2.24, 2.45) is 10.8 Å². The molecule has 15 heavy (non-hydrogen) atoms. The fourth-order valence-electron chi connectivity index (χ4n) is 3.65. The third-order valence-corrected chi connectivity index (χ3v) is 5.21. The Morgan fingerprint density at radius 2 is 2.00 bits per heavy atom. The minimum Gasteiger partial charge on any atom is -0.385 e. The zero-order valence-electron chi connectivity index (χ0n) is 9.68. The van der Waals surface area contributed by atoms with E-state index in [1.54, 1.807) is 6.08 Å². The standard InChI is InChI=1S/C13H20O2/c1-4-13(15)8-5-7-11(2)10(14)6-9-12(11,13)3/h4,15H,1,5-9H2,2-3H3/t11-,12+,13+/m0/s1. The summed E-state index contributed by atoms with van der Waals surface area (Å²) >= 11 is 0. The van der Waals surface area contributed by atoms with E-state index in [2.05, 4.69) is 13.5 Å². The minimum absolute atomic E-state index is 0.308. The smallest absolute Gasteiger partial charge is 0.139 e. The Morgan fingerprint density at radius 1 is 1.33 bits per heavy atom. The molecule has 2 fully saturated rings. The van der Waals surface area contributed by atoms with Gasteiger partial charge in [0, 0.05) is 17.3 Å². The van der Waals surface area contributed by atoms with E-state index in [0.717, 1.165) is 25.7 Å². The number of ketones is 1. The highest BCUT2D eigenvalue weighted by atomic mass is 16.3. The van der Waals surface area contributed by atoms with Crippen LogP contribution >= 0.6 is 0 Å². The second kappa shape index (κ2) is 2.94. The first kappa shape index (κ1) is 10.9. The topological polar surface area (TPSA) is 37.3 Å². The zero-order chi connectivity index (χ0) is 11.3. The number of fused-ring (bicyclic) bond motifs is 1. The summed E-state index contributed by atoms with van der Waals surface area (Å²) in [5.41, 5.74) is -1.50. The summed E-state index contributed by atoms with van der Waals surface area (Å²) in [4.78, 5) is 12.0. The fourth-order valence-corrected chi connectivity index (χ4v) is 3.65. The number of rotatable bonds is 1. The van der Waals surface area contributed by atoms with Crippen molar-refractivity contribution in [3.63, 3.8) is 0 Å². The van der Waals surface area contributed by atoms with Gasteiger partial charge < -0.3 is 5.11 Å². The third kappa shape index (κ3) is 1.06. The first-order chi connectivity index (χ1) is 6.90. The molecule has 2 rings (SSSR count). The van der Waals surface area contributed by atoms with Crippen LogP contribution in [0.5, 0.6) is 0 Å². The largest absolute Gasteiger partial charge is 0.385 e. The van der Waals surface area contributed by atoms with Gasteiger partial charge in [0.25, 0.3) is 0 Å². The van der Waals surface area contributed by atoms with Gasteiger partial charge in [-0.05, 0) is 25.7 Å². The first-order valence-electron chi connectivity index (χ1n) is 5.79. The molecule has 0 heterocycles. The number of Topliss-reactive ketones (excluding diaryl/α,β-unsaturated/α-hetero) is 1. The van der Waals surface area contributed by atoms with Crippen LogP contribution in [-0.2, 0) is 4.79 Å². The van der Waals surface area contributed by atoms with E-state index in [1.807, 2.05) is 6.92 Å². The van der Waals surface area contributed by atoms with Crippen molar-refractivity contribution in [2.75, 3.05) is 0 Å². The van der Waals surface area contributed by atoms with Crippen LogP contribution in [0.2, 0.25) is 0 Å². The van der Waals surface area contributed by atoms with Crippen LogP contribution < -0.4 is 0 Å². The summed E-state index contributed by atoms with van der Waals surface area (Å²) in [6, 6.07) is 0. The second-order valence-corrected chi connectivity index (χ2v) is 5.57. The maximum absolute atomic E-state index is 12.0. The highest BCUT2D eigenvalue weighted by Crippen LogP contribution is 2.62. The molecule has 0 radical (unpaired) electrons. The van der Waals surface area contributed by atoms with Gasteiger partial charge in [-0.1, -0.05) is 19.9 Å². The molecule has 0 aromatic heterocycles. The van der Waals surface area contributed by atoms with Crippen molar-refractivity contribution in [1.29, 1.82) is 0 Å². The Kier molecular flexibility index (Phi) is 2.13. The lowest BCUT2D eigenvalue weighted by molar-refractivity contribution is -0.151. The molecule has 0 saturated heterocycles. The molecule has 2 nitrogen and oxygen atoms in total. The lowest BCUT2D eigenvalue weighted by atomic mass is 9.52. The number of aliphatic hydroxyl groups is 1. The molecule has 0 aromatic rings. The Morgan fingerprint density at radius 3 is 2.60 bits per heavy atom. The predicted octanol–water partition coefficient (Wildman–Crippen LogP) is 2.46. The average molecular weight is 208 g/mol. The lowest BCUT2D eigenvalue weighted by Crippen LogP contribution is -2.56. The lowest BCUT2D eigenvalue weighted by Gasteiger charge is -2.53. The van der Waals surface area contributed by atoms with Gasteiger partial charge in [-0.25, -0.2) is 0 Å². The number of carbonyl (C=O) groups excluding carboxylic acids is 1. The van der Waals surface area contributed by atoms with Gasteiger partial charge in [0.1, 0.15) is 5.78 Å². The molecule has 0 unspecified atom stereocenters. The Hall–Kier alpha value is -0.630. The van der Waals surface area contributed by atoms with Crippen LogP contribution in [-0.4, -0.2) is 16.5 Å². The van der Waals surface area contributed by atoms with Crippen molar-refractivity contribution in [3.8, 4) is 0 Å². The molecule has 0 spiro atoms. The van der Waals surface area contributed by atoms with Gasteiger partial charge in [-0.3, -0.25) is 4.79 Å². The summed E-state index contributed by atoms with van der Waals surface area (Å²) in [5.74, 6) is 0.324. The zero-order valence-corrected chi connectivity index (χ0v) is 9.68. The van der Waals surface area contributed by atoms with Crippen molar-refractivity contribution in [2.45, 2.75) is 51.6 Å². The number of carbonyl (C=O) groups is 1. The van der Waals surface area contributed by atoms with Gasteiger partial charge in [0.15, 0.2) is 0 Å².